The second-order valence-electron chi connectivity index (χ2n) is 10.0. The van der Waals surface area contributed by atoms with Gasteiger partial charge in [0.2, 0.25) is 0 Å². The third kappa shape index (κ3) is 8.00. The Bertz CT molecular complexity index is 636. The molecule has 0 radical (unpaired) electrons. The van der Waals surface area contributed by atoms with Gasteiger partial charge in [-0.3, -0.25) is 14.4 Å². The molecule has 2 bridgehead atoms. The van der Waals surface area contributed by atoms with Crippen LogP contribution in [-0.4, -0.2) is 34.5 Å². The first kappa shape index (κ1) is 28.2. The Morgan fingerprint density at radius 3 is 1.76 bits per heavy atom. The van der Waals surface area contributed by atoms with Crippen molar-refractivity contribution < 1.29 is 23.9 Å². The monoisotopic (exact) mass is 482 g/mol. The summed E-state index contributed by atoms with van der Waals surface area (Å²) in [5.41, 5.74) is 0. The van der Waals surface area contributed by atoms with Crippen molar-refractivity contribution in [1.29, 1.82) is 0 Å². The standard InChI is InChI=1S/C27H46O5S/c1-6-10-12-14-20(8-3)31-26(29)24-19-16-22(23(17-19)33-18(5)28)25(24)27(30)32-21(9-4)15-13-11-7-2/h19-25H,6-17H2,1-5H3/t19-,20+,21+,22+,23+,24-,25-/m0/s1. The van der Waals surface area contributed by atoms with Crippen molar-refractivity contribution in [2.24, 2.45) is 23.7 Å². The summed E-state index contributed by atoms with van der Waals surface area (Å²) in [6.07, 6.45) is 11.4. The van der Waals surface area contributed by atoms with Crippen molar-refractivity contribution in [2.45, 2.75) is 129 Å². The summed E-state index contributed by atoms with van der Waals surface area (Å²) in [5, 5.41) is 0.174. The van der Waals surface area contributed by atoms with Crippen LogP contribution >= 0.6 is 11.8 Å². The largest absolute Gasteiger partial charge is 0.462 e. The number of thioether (sulfide) groups is 1. The number of unbranched alkanes of at least 4 members (excludes halogenated alkanes) is 4. The third-order valence-corrected chi connectivity index (χ3v) is 8.72. The van der Waals surface area contributed by atoms with Crippen LogP contribution in [0.25, 0.3) is 0 Å². The first-order chi connectivity index (χ1) is 15.9. The molecule has 190 valence electrons. The summed E-state index contributed by atoms with van der Waals surface area (Å²) in [7, 11) is 0. The van der Waals surface area contributed by atoms with E-state index in [0.29, 0.717) is 0 Å². The maximum atomic E-state index is 13.4. The van der Waals surface area contributed by atoms with Crippen LogP contribution in [0.15, 0.2) is 0 Å². The van der Waals surface area contributed by atoms with E-state index in [2.05, 4.69) is 20.8 Å². The number of fused-ring (bicyclic) bond motifs is 2. The van der Waals surface area contributed by atoms with Crippen molar-refractivity contribution in [1.82, 2.24) is 0 Å². The number of carbonyl (C=O) groups is 3. The highest BCUT2D eigenvalue weighted by atomic mass is 32.2. The summed E-state index contributed by atoms with van der Waals surface area (Å²) >= 11 is 1.33. The van der Waals surface area contributed by atoms with Gasteiger partial charge in [-0.25, -0.2) is 0 Å². The average Bonchev–Trinajstić information content (AvgIpc) is 3.35. The van der Waals surface area contributed by atoms with Gasteiger partial charge in [-0.05, 0) is 63.2 Å². The Balaban J connectivity index is 2.12. The Morgan fingerprint density at radius 1 is 0.788 bits per heavy atom. The molecule has 0 aliphatic heterocycles. The van der Waals surface area contributed by atoms with E-state index >= 15 is 0 Å². The summed E-state index contributed by atoms with van der Waals surface area (Å²) in [5.74, 6) is -1.27. The van der Waals surface area contributed by atoms with Crippen molar-refractivity contribution in [2.75, 3.05) is 0 Å². The quantitative estimate of drug-likeness (QED) is 0.191. The van der Waals surface area contributed by atoms with Gasteiger partial charge in [0.05, 0.1) is 11.8 Å². The second kappa shape index (κ2) is 14.4. The molecule has 2 fully saturated rings. The number of esters is 2. The van der Waals surface area contributed by atoms with Crippen LogP contribution in [-0.2, 0) is 23.9 Å². The Hall–Kier alpha value is -1.04. The molecule has 5 nitrogen and oxygen atoms in total. The van der Waals surface area contributed by atoms with E-state index in [1.54, 1.807) is 6.92 Å². The maximum Gasteiger partial charge on any atom is 0.310 e. The van der Waals surface area contributed by atoms with Crippen LogP contribution < -0.4 is 0 Å². The molecule has 6 heteroatoms. The Labute approximate surface area is 205 Å². The smallest absolute Gasteiger partial charge is 0.310 e. The minimum atomic E-state index is -0.485. The zero-order chi connectivity index (χ0) is 24.4. The summed E-state index contributed by atoms with van der Waals surface area (Å²) in [4.78, 5) is 38.6. The molecule has 33 heavy (non-hydrogen) atoms. The number of hydrogen-bond acceptors (Lipinski definition) is 6. The SMILES string of the molecule is CCCCC[C@@H](CC)OC(=O)[C@H]1[C@H]2C[C@@H]([C@@H]1C(=O)O[C@H](CC)CCCCC)[C@H](SC(C)=O)C2. The number of ether oxygens (including phenoxy) is 2. The Morgan fingerprint density at radius 2 is 1.30 bits per heavy atom. The summed E-state index contributed by atoms with van der Waals surface area (Å²) in [6, 6.07) is 0. The van der Waals surface area contributed by atoms with Gasteiger partial charge in [0, 0.05) is 12.2 Å². The third-order valence-electron chi connectivity index (χ3n) is 7.54. The molecule has 0 unspecified atom stereocenters. The lowest BCUT2D eigenvalue weighted by atomic mass is 9.79. The van der Waals surface area contributed by atoms with Crippen molar-refractivity contribution in [3.63, 3.8) is 0 Å². The molecule has 0 saturated heterocycles. The van der Waals surface area contributed by atoms with Gasteiger partial charge in [-0.2, -0.15) is 0 Å². The molecular formula is C27H46O5S. The van der Waals surface area contributed by atoms with Crippen LogP contribution in [0.3, 0.4) is 0 Å². The van der Waals surface area contributed by atoms with Crippen molar-refractivity contribution >= 4 is 28.8 Å². The molecule has 2 aliphatic carbocycles. The molecule has 0 aromatic carbocycles. The molecule has 2 saturated carbocycles. The number of carbonyl (C=O) groups excluding carboxylic acids is 3. The molecule has 0 amide bonds. The zero-order valence-corrected chi connectivity index (χ0v) is 22.3. The lowest BCUT2D eigenvalue weighted by molar-refractivity contribution is -0.169. The van der Waals surface area contributed by atoms with Crippen molar-refractivity contribution in [3.05, 3.63) is 0 Å². The van der Waals surface area contributed by atoms with Gasteiger partial charge in [0.25, 0.3) is 0 Å². The predicted molar refractivity (Wildman–Crippen MR) is 134 cm³/mol. The lowest BCUT2D eigenvalue weighted by Crippen LogP contribution is -2.42. The van der Waals surface area contributed by atoms with E-state index in [1.807, 2.05) is 6.92 Å². The van der Waals surface area contributed by atoms with Crippen LogP contribution in [0, 0.1) is 23.7 Å². The van der Waals surface area contributed by atoms with E-state index in [4.69, 9.17) is 9.47 Å². The molecule has 2 rings (SSSR count). The topological polar surface area (TPSA) is 69.7 Å². The second-order valence-corrected chi connectivity index (χ2v) is 11.4. The highest BCUT2D eigenvalue weighted by molar-refractivity contribution is 8.14. The molecule has 0 spiro atoms. The van der Waals surface area contributed by atoms with Crippen LogP contribution in [0.2, 0.25) is 0 Å². The molecule has 0 heterocycles. The minimum Gasteiger partial charge on any atom is -0.462 e. The fourth-order valence-corrected chi connectivity index (χ4v) is 6.96. The van der Waals surface area contributed by atoms with Crippen molar-refractivity contribution in [3.8, 4) is 0 Å². The number of rotatable bonds is 15. The molecule has 7 atom stereocenters. The van der Waals surface area contributed by atoms with Gasteiger partial charge in [-0.15, -0.1) is 0 Å². The van der Waals surface area contributed by atoms with Gasteiger partial charge in [0.1, 0.15) is 12.2 Å². The van der Waals surface area contributed by atoms with E-state index in [9.17, 15) is 14.4 Å². The van der Waals surface area contributed by atoms with Crippen LogP contribution in [0.1, 0.15) is 112 Å². The van der Waals surface area contributed by atoms with Gasteiger partial charge in [0.15, 0.2) is 5.12 Å². The maximum absolute atomic E-state index is 13.4. The fraction of sp³-hybridized carbons (Fsp3) is 0.889. The van der Waals surface area contributed by atoms with Gasteiger partial charge < -0.3 is 9.47 Å². The van der Waals surface area contributed by atoms with E-state index in [1.165, 1.54) is 11.8 Å². The molecular weight excluding hydrogens is 436 g/mol. The zero-order valence-electron chi connectivity index (χ0n) is 21.5. The Kier molecular flexibility index (Phi) is 12.3. The van der Waals surface area contributed by atoms with Gasteiger partial charge in [-0.1, -0.05) is 65.1 Å². The highest BCUT2D eigenvalue weighted by Crippen LogP contribution is 2.57. The lowest BCUT2D eigenvalue weighted by Gasteiger charge is -2.34. The van der Waals surface area contributed by atoms with Gasteiger partial charge >= 0.3 is 11.9 Å². The number of hydrogen-bond donors (Lipinski definition) is 0. The summed E-state index contributed by atoms with van der Waals surface area (Å²) < 4.78 is 12.0. The van der Waals surface area contributed by atoms with Crippen LogP contribution in [0.4, 0.5) is 0 Å². The molecule has 0 N–H and O–H groups in total. The molecule has 0 aromatic heterocycles. The van der Waals surface area contributed by atoms with Crippen LogP contribution in [0.5, 0.6) is 0 Å². The molecule has 0 aromatic rings. The minimum absolute atomic E-state index is 0.0160. The molecule has 2 aliphatic rings. The first-order valence-corrected chi connectivity index (χ1v) is 14.3. The average molecular weight is 483 g/mol. The van der Waals surface area contributed by atoms with E-state index in [0.717, 1.165) is 77.0 Å². The highest BCUT2D eigenvalue weighted by Gasteiger charge is 2.59. The van der Waals surface area contributed by atoms with E-state index in [-0.39, 0.29) is 46.3 Å². The predicted octanol–water partition coefficient (Wildman–Crippen LogP) is 6.71. The normalized spacial score (nSPS) is 27.8. The first-order valence-electron chi connectivity index (χ1n) is 13.4. The summed E-state index contributed by atoms with van der Waals surface area (Å²) in [6.45, 7) is 10.0. The fourth-order valence-electron chi connectivity index (χ4n) is 5.73. The van der Waals surface area contributed by atoms with E-state index < -0.39 is 11.8 Å².